The van der Waals surface area contributed by atoms with Crippen LogP contribution in [-0.4, -0.2) is 86.0 Å². The largest absolute Gasteiger partial charge is 2.00 e. The van der Waals surface area contributed by atoms with E-state index in [0.717, 1.165) is 25.7 Å². The van der Waals surface area contributed by atoms with Crippen LogP contribution in [0, 0.1) is 0 Å². The Morgan fingerprint density at radius 1 is 0.680 bits per heavy atom. The summed E-state index contributed by atoms with van der Waals surface area (Å²) in [6.45, 7) is 4.72. The number of hydrogen-bond acceptors (Lipinski definition) is 8. The van der Waals surface area contributed by atoms with Crippen molar-refractivity contribution in [1.82, 2.24) is 0 Å². The van der Waals surface area contributed by atoms with Crippen molar-refractivity contribution >= 4 is 72.8 Å². The molecule has 0 aliphatic heterocycles. The van der Waals surface area contributed by atoms with Gasteiger partial charge >= 0.3 is 60.8 Å². The zero-order chi connectivity index (χ0) is 18.8. The molecule has 0 aromatic rings. The van der Waals surface area contributed by atoms with Gasteiger partial charge in [0.05, 0.1) is 26.1 Å². The molecule has 0 aliphatic rings. The molecule has 0 atom stereocenters. The maximum atomic E-state index is 10.7. The Balaban J connectivity index is -0.000000372. The first-order valence-corrected chi connectivity index (χ1v) is 8.04. The van der Waals surface area contributed by atoms with E-state index in [1.165, 1.54) is 0 Å². The summed E-state index contributed by atoms with van der Waals surface area (Å²) in [5, 5.41) is 19.8. The summed E-state index contributed by atoms with van der Waals surface area (Å²) in [6, 6.07) is 0. The van der Waals surface area contributed by atoms with Crippen molar-refractivity contribution in [3.05, 3.63) is 0 Å². The molecule has 0 saturated heterocycles. The number of hydrogen-bond donors (Lipinski definition) is 0. The molecular formula is C16H26BaO8. The number of ether oxygens (including phenoxy) is 2. The summed E-state index contributed by atoms with van der Waals surface area (Å²) in [5.41, 5.74) is 0. The average Bonchev–Trinajstić information content (AvgIpc) is 2.52. The van der Waals surface area contributed by atoms with E-state index >= 15 is 0 Å². The third kappa shape index (κ3) is 28.5. The van der Waals surface area contributed by atoms with Crippen molar-refractivity contribution in [2.75, 3.05) is 13.2 Å². The molecule has 25 heavy (non-hydrogen) atoms. The molecule has 0 amide bonds. The maximum Gasteiger partial charge on any atom is 2.00 e. The van der Waals surface area contributed by atoms with Crippen LogP contribution in [0.3, 0.4) is 0 Å². The molecular weight excluding hydrogens is 457 g/mol. The van der Waals surface area contributed by atoms with Crippen LogP contribution in [0.5, 0.6) is 0 Å². The molecule has 140 valence electrons. The Morgan fingerprint density at radius 3 is 1.24 bits per heavy atom. The minimum absolute atomic E-state index is 0. The Bertz CT molecular complexity index is 348. The Kier molecular flexibility index (Phi) is 25.1. The molecule has 0 fully saturated rings. The zero-order valence-corrected chi connectivity index (χ0v) is 19.5. The monoisotopic (exact) mass is 484 g/mol. The first-order valence-electron chi connectivity index (χ1n) is 8.04. The molecule has 0 bridgehead atoms. The number of esters is 2. The molecule has 0 radical (unpaired) electrons. The Morgan fingerprint density at radius 2 is 1.00 bits per heavy atom. The molecule has 0 aromatic heterocycles. The van der Waals surface area contributed by atoms with Crippen LogP contribution in [-0.2, 0) is 28.7 Å². The van der Waals surface area contributed by atoms with Crippen LogP contribution in [0.4, 0.5) is 0 Å². The van der Waals surface area contributed by atoms with Crippen molar-refractivity contribution in [2.45, 2.75) is 65.2 Å². The van der Waals surface area contributed by atoms with E-state index in [4.69, 9.17) is 9.47 Å². The normalized spacial score (nSPS) is 9.04. The molecule has 0 N–H and O–H groups in total. The fourth-order valence-corrected chi connectivity index (χ4v) is 1.21. The van der Waals surface area contributed by atoms with Crippen molar-refractivity contribution in [3.8, 4) is 0 Å². The van der Waals surface area contributed by atoms with E-state index in [0.29, 0.717) is 13.2 Å². The van der Waals surface area contributed by atoms with Gasteiger partial charge in [-0.05, 0) is 25.7 Å². The fourth-order valence-electron chi connectivity index (χ4n) is 1.21. The van der Waals surface area contributed by atoms with Crippen molar-refractivity contribution in [2.24, 2.45) is 0 Å². The van der Waals surface area contributed by atoms with Crippen LogP contribution < -0.4 is 10.2 Å². The topological polar surface area (TPSA) is 133 Å². The second kappa shape index (κ2) is 21.5. The third-order valence-corrected chi connectivity index (χ3v) is 2.59. The van der Waals surface area contributed by atoms with Gasteiger partial charge in [0.25, 0.3) is 0 Å². The van der Waals surface area contributed by atoms with Gasteiger partial charge in [0, 0.05) is 11.9 Å². The van der Waals surface area contributed by atoms with E-state index in [1.807, 2.05) is 13.8 Å². The molecule has 8 nitrogen and oxygen atoms in total. The summed E-state index contributed by atoms with van der Waals surface area (Å²) in [6.07, 6.45) is 2.84. The molecule has 0 rings (SSSR count). The van der Waals surface area contributed by atoms with Gasteiger partial charge in [0.15, 0.2) is 0 Å². The van der Waals surface area contributed by atoms with Crippen molar-refractivity contribution in [3.63, 3.8) is 0 Å². The van der Waals surface area contributed by atoms with Crippen LogP contribution in [0.25, 0.3) is 0 Å². The molecule has 0 aromatic carbocycles. The minimum Gasteiger partial charge on any atom is -0.550 e. The summed E-state index contributed by atoms with van der Waals surface area (Å²) < 4.78 is 9.41. The van der Waals surface area contributed by atoms with Crippen LogP contribution >= 0.6 is 0 Å². The van der Waals surface area contributed by atoms with Gasteiger partial charge in [0.1, 0.15) is 0 Å². The second-order valence-electron chi connectivity index (χ2n) is 4.89. The number of carboxylic acids is 2. The van der Waals surface area contributed by atoms with Crippen LogP contribution in [0.2, 0.25) is 0 Å². The van der Waals surface area contributed by atoms with Crippen LogP contribution in [0.15, 0.2) is 0 Å². The van der Waals surface area contributed by atoms with Gasteiger partial charge in [-0.15, -0.1) is 0 Å². The SMILES string of the molecule is CCCCOC(=O)CCC(=O)[O-].CCCCOC(=O)CCC(=O)[O-].[Ba+2]. The summed E-state index contributed by atoms with van der Waals surface area (Å²) >= 11 is 0. The predicted molar refractivity (Wildman–Crippen MR) is 86.0 cm³/mol. The standard InChI is InChI=1S/2C8H14O4.Ba/c2*1-2-3-6-12-8(11)5-4-7(9)10;/h2*2-6H2,1H3,(H,9,10);/q;;+2/p-2. The number of carbonyl (C=O) groups is 4. The molecule has 9 heteroatoms. The number of rotatable bonds is 12. The minimum atomic E-state index is -1.22. The molecule has 0 heterocycles. The van der Waals surface area contributed by atoms with Crippen molar-refractivity contribution in [1.29, 1.82) is 0 Å². The summed E-state index contributed by atoms with van der Waals surface area (Å²) in [4.78, 5) is 41.2. The summed E-state index contributed by atoms with van der Waals surface area (Å²) in [7, 11) is 0. The Labute approximate surface area is 188 Å². The number of unbranched alkanes of at least 4 members (excludes halogenated alkanes) is 2. The van der Waals surface area contributed by atoms with Gasteiger partial charge < -0.3 is 29.3 Å². The average molecular weight is 484 g/mol. The van der Waals surface area contributed by atoms with E-state index in [9.17, 15) is 29.4 Å². The quantitative estimate of drug-likeness (QED) is 0.203. The maximum absolute atomic E-state index is 10.7. The fraction of sp³-hybridized carbons (Fsp3) is 0.750. The smallest absolute Gasteiger partial charge is 0.550 e. The zero-order valence-electron chi connectivity index (χ0n) is 15.0. The van der Waals surface area contributed by atoms with Gasteiger partial charge in [-0.25, -0.2) is 0 Å². The first kappa shape index (κ1) is 29.2. The summed E-state index contributed by atoms with van der Waals surface area (Å²) in [5.74, 6) is -3.37. The first-order chi connectivity index (χ1) is 11.3. The third-order valence-electron chi connectivity index (χ3n) is 2.59. The van der Waals surface area contributed by atoms with E-state index in [-0.39, 0.29) is 74.6 Å². The number of aliphatic carboxylic acids is 2. The van der Waals surface area contributed by atoms with E-state index in [2.05, 4.69) is 0 Å². The molecule has 0 aliphatic carbocycles. The van der Waals surface area contributed by atoms with E-state index in [1.54, 1.807) is 0 Å². The molecule has 0 spiro atoms. The van der Waals surface area contributed by atoms with Crippen molar-refractivity contribution < 1.29 is 38.9 Å². The molecule has 0 saturated carbocycles. The predicted octanol–water partition coefficient (Wildman–Crippen LogP) is -0.661. The van der Waals surface area contributed by atoms with Gasteiger partial charge in [-0.3, -0.25) is 9.59 Å². The second-order valence-corrected chi connectivity index (χ2v) is 4.89. The molecule has 0 unspecified atom stereocenters. The number of carboxylic acid groups (broad SMARTS) is 2. The van der Waals surface area contributed by atoms with Gasteiger partial charge in [0.2, 0.25) is 0 Å². The van der Waals surface area contributed by atoms with E-state index < -0.39 is 23.9 Å². The van der Waals surface area contributed by atoms with Gasteiger partial charge in [-0.2, -0.15) is 0 Å². The number of carbonyl (C=O) groups excluding carboxylic acids is 4. The van der Waals surface area contributed by atoms with Crippen LogP contribution in [0.1, 0.15) is 65.2 Å². The van der Waals surface area contributed by atoms with Gasteiger partial charge in [-0.1, -0.05) is 26.7 Å². The Hall–Kier alpha value is -0.549.